The van der Waals surface area contributed by atoms with Crippen LogP contribution in [0.5, 0.6) is 11.6 Å². The summed E-state index contributed by atoms with van der Waals surface area (Å²) in [6.45, 7) is 3.10. The monoisotopic (exact) mass is 422 g/mol. The van der Waals surface area contributed by atoms with Crippen molar-refractivity contribution in [2.75, 3.05) is 24.6 Å². The second-order valence-corrected chi connectivity index (χ2v) is 8.62. The number of rotatable bonds is 3. The molecule has 1 saturated heterocycles. The van der Waals surface area contributed by atoms with Crippen LogP contribution in [0.1, 0.15) is 17.3 Å². The molecule has 0 aliphatic carbocycles. The standard InChI is InChI=1S/C18H19BrN2O3S/c1-13-11-21(8-9-25(23)12-13)18(22)16-6-3-7-20-17(16)24-15-5-2-4-14(19)10-15/h2-7,10,13H,8-9,11-12H2,1H3. The molecule has 0 N–H and O–H groups in total. The Balaban J connectivity index is 1.84. The minimum absolute atomic E-state index is 0.135. The summed E-state index contributed by atoms with van der Waals surface area (Å²) in [4.78, 5) is 19.0. The molecule has 0 radical (unpaired) electrons. The molecule has 0 spiro atoms. The molecule has 1 aliphatic rings. The second-order valence-electron chi connectivity index (χ2n) is 6.08. The van der Waals surface area contributed by atoms with E-state index < -0.39 is 10.8 Å². The van der Waals surface area contributed by atoms with E-state index in [-0.39, 0.29) is 17.7 Å². The number of nitrogens with zero attached hydrogens (tertiary/aromatic N) is 2. The number of hydrogen-bond acceptors (Lipinski definition) is 4. The number of benzene rings is 1. The first-order valence-electron chi connectivity index (χ1n) is 8.05. The number of ether oxygens (including phenoxy) is 1. The molecule has 1 amide bonds. The first-order valence-corrected chi connectivity index (χ1v) is 10.3. The fraction of sp³-hybridized carbons (Fsp3) is 0.333. The average molecular weight is 423 g/mol. The Morgan fingerprint density at radius 1 is 1.36 bits per heavy atom. The molecule has 2 atom stereocenters. The predicted octanol–water partition coefficient (Wildman–Crippen LogP) is 3.48. The maximum absolute atomic E-state index is 13.0. The zero-order chi connectivity index (χ0) is 17.8. The van der Waals surface area contributed by atoms with Crippen molar-refractivity contribution in [2.24, 2.45) is 5.92 Å². The van der Waals surface area contributed by atoms with E-state index in [9.17, 15) is 9.00 Å². The topological polar surface area (TPSA) is 59.5 Å². The van der Waals surface area contributed by atoms with Gasteiger partial charge in [-0.15, -0.1) is 0 Å². The van der Waals surface area contributed by atoms with Gasteiger partial charge in [-0.25, -0.2) is 4.98 Å². The highest BCUT2D eigenvalue weighted by Crippen LogP contribution is 2.26. The van der Waals surface area contributed by atoms with Crippen LogP contribution in [0.25, 0.3) is 0 Å². The van der Waals surface area contributed by atoms with Gasteiger partial charge in [0.15, 0.2) is 0 Å². The lowest BCUT2D eigenvalue weighted by molar-refractivity contribution is 0.0748. The maximum Gasteiger partial charge on any atom is 0.259 e. The van der Waals surface area contributed by atoms with Gasteiger partial charge in [-0.3, -0.25) is 9.00 Å². The summed E-state index contributed by atoms with van der Waals surface area (Å²) in [7, 11) is -0.867. The first kappa shape index (κ1) is 18.1. The highest BCUT2D eigenvalue weighted by Gasteiger charge is 2.26. The first-order chi connectivity index (χ1) is 12.0. The largest absolute Gasteiger partial charge is 0.438 e. The third kappa shape index (κ3) is 4.67. The van der Waals surface area contributed by atoms with Crippen molar-refractivity contribution in [3.63, 3.8) is 0 Å². The van der Waals surface area contributed by atoms with E-state index in [1.165, 1.54) is 0 Å². The summed E-state index contributed by atoms with van der Waals surface area (Å²) in [5.41, 5.74) is 0.419. The van der Waals surface area contributed by atoms with Gasteiger partial charge >= 0.3 is 0 Å². The lowest BCUT2D eigenvalue weighted by atomic mass is 10.1. The molecule has 2 aromatic rings. The Hall–Kier alpha value is -1.73. The van der Waals surface area contributed by atoms with E-state index >= 15 is 0 Å². The Kier molecular flexibility index (Phi) is 5.86. The summed E-state index contributed by atoms with van der Waals surface area (Å²) in [5.74, 6) is 2.11. The van der Waals surface area contributed by atoms with E-state index in [0.29, 0.717) is 35.9 Å². The quantitative estimate of drug-likeness (QED) is 0.759. The van der Waals surface area contributed by atoms with Crippen LogP contribution in [-0.2, 0) is 10.8 Å². The Labute approximate surface area is 158 Å². The molecule has 1 aliphatic heterocycles. The van der Waals surface area contributed by atoms with Crippen molar-refractivity contribution in [1.82, 2.24) is 9.88 Å². The Bertz CT molecular complexity index is 799. The number of carbonyl (C=O) groups excluding carboxylic acids is 1. The minimum atomic E-state index is -0.867. The van der Waals surface area contributed by atoms with Crippen LogP contribution in [0.3, 0.4) is 0 Å². The van der Waals surface area contributed by atoms with Gasteiger partial charge in [0.25, 0.3) is 5.91 Å². The molecule has 2 heterocycles. The van der Waals surface area contributed by atoms with Crippen LogP contribution in [0.2, 0.25) is 0 Å². The fourth-order valence-electron chi connectivity index (χ4n) is 2.76. The van der Waals surface area contributed by atoms with Crippen LogP contribution in [0.15, 0.2) is 47.1 Å². The van der Waals surface area contributed by atoms with E-state index in [1.807, 2.05) is 31.2 Å². The zero-order valence-electron chi connectivity index (χ0n) is 13.9. The molecule has 1 aromatic heterocycles. The highest BCUT2D eigenvalue weighted by atomic mass is 79.9. The number of pyridine rings is 1. The van der Waals surface area contributed by atoms with Crippen molar-refractivity contribution in [1.29, 1.82) is 0 Å². The molecule has 132 valence electrons. The van der Waals surface area contributed by atoms with Gasteiger partial charge in [-0.2, -0.15) is 0 Å². The smallest absolute Gasteiger partial charge is 0.259 e. The van der Waals surface area contributed by atoms with Gasteiger partial charge in [0, 0.05) is 46.1 Å². The highest BCUT2D eigenvalue weighted by molar-refractivity contribution is 9.10. The normalized spacial score (nSPS) is 20.8. The minimum Gasteiger partial charge on any atom is -0.438 e. The third-order valence-corrected chi connectivity index (χ3v) is 5.96. The molecule has 1 fully saturated rings. The van der Waals surface area contributed by atoms with Gasteiger partial charge in [-0.05, 0) is 36.2 Å². The van der Waals surface area contributed by atoms with Gasteiger partial charge < -0.3 is 9.64 Å². The lowest BCUT2D eigenvalue weighted by Crippen LogP contribution is -2.35. The Morgan fingerprint density at radius 2 is 2.20 bits per heavy atom. The van der Waals surface area contributed by atoms with Crippen LogP contribution < -0.4 is 4.74 Å². The summed E-state index contributed by atoms with van der Waals surface area (Å²) >= 11 is 3.40. The number of halogens is 1. The van der Waals surface area contributed by atoms with Crippen LogP contribution in [-0.4, -0.2) is 44.6 Å². The van der Waals surface area contributed by atoms with Crippen molar-refractivity contribution in [3.05, 3.63) is 52.6 Å². The van der Waals surface area contributed by atoms with Crippen molar-refractivity contribution in [2.45, 2.75) is 6.92 Å². The lowest BCUT2D eigenvalue weighted by Gasteiger charge is -2.23. The number of amides is 1. The van der Waals surface area contributed by atoms with Gasteiger partial charge in [-0.1, -0.05) is 28.9 Å². The van der Waals surface area contributed by atoms with Gasteiger partial charge in [0.05, 0.1) is 0 Å². The molecule has 1 aromatic carbocycles. The Morgan fingerprint density at radius 3 is 3.00 bits per heavy atom. The van der Waals surface area contributed by atoms with E-state index in [2.05, 4.69) is 20.9 Å². The molecule has 25 heavy (non-hydrogen) atoms. The van der Waals surface area contributed by atoms with Crippen LogP contribution in [0, 0.1) is 5.92 Å². The van der Waals surface area contributed by atoms with Crippen LogP contribution >= 0.6 is 15.9 Å². The maximum atomic E-state index is 13.0. The zero-order valence-corrected chi connectivity index (χ0v) is 16.3. The van der Waals surface area contributed by atoms with Crippen molar-refractivity contribution in [3.8, 4) is 11.6 Å². The van der Waals surface area contributed by atoms with E-state index in [1.54, 1.807) is 23.2 Å². The summed E-state index contributed by atoms with van der Waals surface area (Å²) in [6.07, 6.45) is 1.60. The predicted molar refractivity (Wildman–Crippen MR) is 101 cm³/mol. The van der Waals surface area contributed by atoms with Crippen LogP contribution in [0.4, 0.5) is 0 Å². The van der Waals surface area contributed by atoms with E-state index in [0.717, 1.165) is 4.47 Å². The van der Waals surface area contributed by atoms with Crippen molar-refractivity contribution >= 4 is 32.6 Å². The third-order valence-electron chi connectivity index (χ3n) is 3.89. The molecular weight excluding hydrogens is 404 g/mol. The molecule has 7 heteroatoms. The van der Waals surface area contributed by atoms with Gasteiger partial charge in [0.1, 0.15) is 11.3 Å². The summed E-state index contributed by atoms with van der Waals surface area (Å²) < 4.78 is 18.6. The fourth-order valence-corrected chi connectivity index (χ4v) is 4.47. The SMILES string of the molecule is CC1CN(C(=O)c2cccnc2Oc2cccc(Br)c2)CCS(=O)C1. The molecule has 0 bridgehead atoms. The summed E-state index contributed by atoms with van der Waals surface area (Å²) in [6, 6.07) is 10.8. The summed E-state index contributed by atoms with van der Waals surface area (Å²) in [5, 5.41) is 0. The molecular formula is C18H19BrN2O3S. The van der Waals surface area contributed by atoms with Gasteiger partial charge in [0.2, 0.25) is 5.88 Å². The second kappa shape index (κ2) is 8.10. The molecule has 0 saturated carbocycles. The molecule has 2 unspecified atom stereocenters. The van der Waals surface area contributed by atoms with E-state index in [4.69, 9.17) is 4.74 Å². The number of aromatic nitrogens is 1. The average Bonchev–Trinajstić information content (AvgIpc) is 2.75. The number of carbonyl (C=O) groups is 1. The molecule has 3 rings (SSSR count). The number of hydrogen-bond donors (Lipinski definition) is 0. The molecule has 5 nitrogen and oxygen atoms in total. The van der Waals surface area contributed by atoms with Crippen molar-refractivity contribution < 1.29 is 13.7 Å².